The number of benzene rings is 2. The van der Waals surface area contributed by atoms with Crippen molar-refractivity contribution in [3.63, 3.8) is 0 Å². The van der Waals surface area contributed by atoms with Crippen molar-refractivity contribution in [1.29, 1.82) is 0 Å². The van der Waals surface area contributed by atoms with Crippen molar-refractivity contribution in [1.82, 2.24) is 10.6 Å². The average Bonchev–Trinajstić information content (AvgIpc) is 3.39. The molecule has 31 heavy (non-hydrogen) atoms. The molecule has 1 aliphatic rings. The summed E-state index contributed by atoms with van der Waals surface area (Å²) in [6, 6.07) is 21.7. The van der Waals surface area contributed by atoms with Gasteiger partial charge in [-0.25, -0.2) is 4.99 Å². The molecule has 1 aromatic heterocycles. The molecule has 2 aromatic carbocycles. The summed E-state index contributed by atoms with van der Waals surface area (Å²) in [5.74, 6) is 0.848. The van der Waals surface area contributed by atoms with Gasteiger partial charge in [-0.1, -0.05) is 42.5 Å². The normalized spacial score (nSPS) is 14.7. The first kappa shape index (κ1) is 20.7. The summed E-state index contributed by atoms with van der Waals surface area (Å²) < 4.78 is 5.11. The number of rotatable bonds is 8. The molecule has 6 nitrogen and oxygen atoms in total. The summed E-state index contributed by atoms with van der Waals surface area (Å²) >= 11 is 0. The van der Waals surface area contributed by atoms with Crippen LogP contribution in [0, 0.1) is 0 Å². The highest BCUT2D eigenvalue weighted by atomic mass is 16.3. The fraction of sp³-hybridized carbons (Fsp3) is 0.280. The van der Waals surface area contributed by atoms with Gasteiger partial charge in [-0.2, -0.15) is 0 Å². The second kappa shape index (κ2) is 9.51. The minimum atomic E-state index is -0.262. The van der Waals surface area contributed by atoms with Crippen LogP contribution in [0.5, 0.6) is 0 Å². The van der Waals surface area contributed by atoms with Gasteiger partial charge >= 0.3 is 0 Å². The lowest BCUT2D eigenvalue weighted by Crippen LogP contribution is -2.41. The third-order valence-corrected chi connectivity index (χ3v) is 5.55. The third-order valence-electron chi connectivity index (χ3n) is 5.55. The topological polar surface area (TPSA) is 78.7 Å². The predicted octanol–water partition coefficient (Wildman–Crippen LogP) is 4.32. The van der Waals surface area contributed by atoms with E-state index < -0.39 is 0 Å². The molecule has 1 saturated carbocycles. The molecule has 0 radical (unpaired) electrons. The molecule has 0 saturated heterocycles. The van der Waals surface area contributed by atoms with Crippen LogP contribution in [0.2, 0.25) is 0 Å². The monoisotopic (exact) mass is 416 g/mol. The number of amides is 1. The van der Waals surface area contributed by atoms with E-state index in [1.807, 2.05) is 24.3 Å². The van der Waals surface area contributed by atoms with Crippen LogP contribution < -0.4 is 16.0 Å². The largest absolute Gasteiger partial charge is 0.459 e. The minimum Gasteiger partial charge on any atom is -0.459 e. The van der Waals surface area contributed by atoms with Crippen molar-refractivity contribution in [2.45, 2.75) is 31.7 Å². The van der Waals surface area contributed by atoms with Gasteiger partial charge in [0, 0.05) is 24.2 Å². The fourth-order valence-corrected chi connectivity index (χ4v) is 3.57. The number of furan rings is 1. The Hall–Kier alpha value is -3.54. The molecule has 4 rings (SSSR count). The third kappa shape index (κ3) is 5.34. The molecular formula is C25H28N4O2. The Morgan fingerprint density at radius 2 is 1.77 bits per heavy atom. The van der Waals surface area contributed by atoms with E-state index in [-0.39, 0.29) is 11.3 Å². The molecule has 1 amide bonds. The molecule has 6 heteroatoms. The molecule has 1 heterocycles. The first-order chi connectivity index (χ1) is 15.2. The summed E-state index contributed by atoms with van der Waals surface area (Å²) in [4.78, 5) is 16.8. The lowest BCUT2D eigenvalue weighted by Gasteiger charge is -2.19. The number of carbonyl (C=O) groups is 1. The molecule has 3 aromatic rings. The van der Waals surface area contributed by atoms with Crippen molar-refractivity contribution < 1.29 is 9.21 Å². The van der Waals surface area contributed by atoms with Gasteiger partial charge in [-0.05, 0) is 55.2 Å². The van der Waals surface area contributed by atoms with Crippen molar-refractivity contribution >= 4 is 17.6 Å². The van der Waals surface area contributed by atoms with Crippen LogP contribution in [0.25, 0.3) is 0 Å². The molecular weight excluding hydrogens is 388 g/mol. The van der Waals surface area contributed by atoms with E-state index in [2.05, 4.69) is 53.2 Å². The highest BCUT2D eigenvalue weighted by Crippen LogP contribution is 2.47. The summed E-state index contributed by atoms with van der Waals surface area (Å²) in [7, 11) is 0. The Kier molecular flexibility index (Phi) is 6.36. The number of aliphatic imine (C=N–C) groups is 1. The first-order valence-electron chi connectivity index (χ1n) is 10.7. The maximum Gasteiger partial charge on any atom is 0.291 e. The van der Waals surface area contributed by atoms with Crippen molar-refractivity contribution in [3.05, 3.63) is 89.9 Å². The maximum absolute atomic E-state index is 12.1. The maximum atomic E-state index is 12.1. The van der Waals surface area contributed by atoms with Crippen LogP contribution in [0.4, 0.5) is 5.69 Å². The number of hydrogen-bond donors (Lipinski definition) is 3. The second-order valence-corrected chi connectivity index (χ2v) is 7.82. The Bertz CT molecular complexity index is 1010. The molecule has 1 aliphatic carbocycles. The SMILES string of the molecule is CCNC(=NCc1ccc(NC(=O)c2ccco2)cc1)NCC1(c2ccccc2)CC1. The number of anilines is 1. The van der Waals surface area contributed by atoms with Crippen molar-refractivity contribution in [3.8, 4) is 0 Å². The van der Waals surface area contributed by atoms with Gasteiger partial charge in [0.25, 0.3) is 5.91 Å². The van der Waals surface area contributed by atoms with E-state index in [1.165, 1.54) is 24.7 Å². The van der Waals surface area contributed by atoms with E-state index in [0.29, 0.717) is 12.3 Å². The summed E-state index contributed by atoms with van der Waals surface area (Å²) in [5.41, 5.74) is 3.41. The number of guanidine groups is 1. The Labute approximate surface area is 182 Å². The zero-order chi connectivity index (χ0) is 21.5. The van der Waals surface area contributed by atoms with Gasteiger partial charge in [0.15, 0.2) is 11.7 Å². The summed E-state index contributed by atoms with van der Waals surface area (Å²) in [6.07, 6.45) is 3.89. The number of nitrogens with one attached hydrogen (secondary N) is 3. The van der Waals surface area contributed by atoms with Crippen LogP contribution in [-0.4, -0.2) is 25.0 Å². The lowest BCUT2D eigenvalue weighted by molar-refractivity contribution is 0.0996. The Morgan fingerprint density at radius 1 is 1.00 bits per heavy atom. The molecule has 0 aliphatic heterocycles. The first-order valence-corrected chi connectivity index (χ1v) is 10.7. The summed E-state index contributed by atoms with van der Waals surface area (Å²) in [5, 5.41) is 9.67. The Morgan fingerprint density at radius 3 is 2.42 bits per heavy atom. The fourth-order valence-electron chi connectivity index (χ4n) is 3.57. The van der Waals surface area contributed by atoms with E-state index in [0.717, 1.165) is 30.3 Å². The minimum absolute atomic E-state index is 0.227. The number of carbonyl (C=O) groups excluding carboxylic acids is 1. The van der Waals surface area contributed by atoms with Gasteiger partial charge in [0.2, 0.25) is 0 Å². The lowest BCUT2D eigenvalue weighted by atomic mass is 9.96. The molecule has 160 valence electrons. The van der Waals surface area contributed by atoms with Gasteiger partial charge in [0.05, 0.1) is 12.8 Å². The van der Waals surface area contributed by atoms with Gasteiger partial charge in [-0.3, -0.25) is 4.79 Å². The van der Waals surface area contributed by atoms with E-state index in [1.54, 1.807) is 12.1 Å². The number of nitrogens with zero attached hydrogens (tertiary/aromatic N) is 1. The van der Waals surface area contributed by atoms with E-state index in [9.17, 15) is 4.79 Å². The molecule has 1 fully saturated rings. The molecule has 0 bridgehead atoms. The predicted molar refractivity (Wildman–Crippen MR) is 123 cm³/mol. The molecule has 3 N–H and O–H groups in total. The molecule has 0 atom stereocenters. The van der Waals surface area contributed by atoms with E-state index in [4.69, 9.17) is 9.41 Å². The van der Waals surface area contributed by atoms with Gasteiger partial charge in [-0.15, -0.1) is 0 Å². The van der Waals surface area contributed by atoms with Crippen LogP contribution in [0.3, 0.4) is 0 Å². The quantitative estimate of drug-likeness (QED) is 0.377. The highest BCUT2D eigenvalue weighted by molar-refractivity contribution is 6.02. The van der Waals surface area contributed by atoms with Crippen molar-refractivity contribution in [2.24, 2.45) is 4.99 Å². The summed E-state index contributed by atoms with van der Waals surface area (Å²) in [6.45, 7) is 4.31. The zero-order valence-electron chi connectivity index (χ0n) is 17.7. The van der Waals surface area contributed by atoms with Crippen LogP contribution in [-0.2, 0) is 12.0 Å². The van der Waals surface area contributed by atoms with Crippen LogP contribution in [0.15, 0.2) is 82.4 Å². The van der Waals surface area contributed by atoms with Crippen molar-refractivity contribution in [2.75, 3.05) is 18.4 Å². The number of hydrogen-bond acceptors (Lipinski definition) is 3. The molecule has 0 unspecified atom stereocenters. The molecule has 0 spiro atoms. The Balaban J connectivity index is 1.33. The second-order valence-electron chi connectivity index (χ2n) is 7.82. The standard InChI is InChI=1S/C25H28N4O2/c1-2-26-24(28-18-25(14-15-25)20-7-4-3-5-8-20)27-17-19-10-12-21(13-11-19)29-23(30)22-9-6-16-31-22/h3-13,16H,2,14-15,17-18H2,1H3,(H,29,30)(H2,26,27,28). The van der Waals surface area contributed by atoms with Crippen LogP contribution >= 0.6 is 0 Å². The zero-order valence-corrected chi connectivity index (χ0v) is 17.7. The highest BCUT2D eigenvalue weighted by Gasteiger charge is 2.43. The van der Waals surface area contributed by atoms with Gasteiger partial charge < -0.3 is 20.4 Å². The smallest absolute Gasteiger partial charge is 0.291 e. The average molecular weight is 417 g/mol. The van der Waals surface area contributed by atoms with E-state index >= 15 is 0 Å². The van der Waals surface area contributed by atoms with Gasteiger partial charge in [0.1, 0.15) is 0 Å². The van der Waals surface area contributed by atoms with Crippen LogP contribution in [0.1, 0.15) is 41.4 Å².